The third-order valence-corrected chi connectivity index (χ3v) is 2.26. The minimum Gasteiger partial charge on any atom is -0.211 e. The van der Waals surface area contributed by atoms with Gasteiger partial charge >= 0.3 is 0 Å². The molecule has 0 unspecified atom stereocenters. The van der Waals surface area contributed by atoms with E-state index in [0.29, 0.717) is 5.69 Å². The Morgan fingerprint density at radius 1 is 1.55 bits per heavy atom. The van der Waals surface area contributed by atoms with Crippen LogP contribution in [-0.4, -0.2) is 6.08 Å². The summed E-state index contributed by atoms with van der Waals surface area (Å²) in [7, 11) is 0. The lowest BCUT2D eigenvalue weighted by atomic mass is 10.2. The Kier molecular flexibility index (Phi) is 2.58. The number of aliphatic imine (C=N–C) groups is 1. The van der Waals surface area contributed by atoms with Crippen LogP contribution < -0.4 is 0 Å². The molecule has 1 rings (SSSR count). The van der Waals surface area contributed by atoms with E-state index in [4.69, 9.17) is 0 Å². The predicted molar refractivity (Wildman–Crippen MR) is 46.7 cm³/mol. The van der Waals surface area contributed by atoms with Crippen molar-refractivity contribution in [3.05, 3.63) is 28.2 Å². The van der Waals surface area contributed by atoms with Crippen LogP contribution in [-0.2, 0) is 4.79 Å². The molecule has 0 radical (unpaired) electrons. The molecule has 0 fully saturated rings. The Hall–Kier alpha value is -0.920. The molecule has 3 heteroatoms. The molecule has 11 heavy (non-hydrogen) atoms. The number of nitrogens with zero attached hydrogens (tertiary/aromatic N) is 1. The summed E-state index contributed by atoms with van der Waals surface area (Å²) in [6.45, 7) is 1.89. The zero-order valence-electron chi connectivity index (χ0n) is 5.97. The average Bonchev–Trinajstić information content (AvgIpc) is 1.99. The molecule has 0 saturated heterocycles. The molecule has 0 N–H and O–H groups in total. The summed E-state index contributed by atoms with van der Waals surface area (Å²) in [5.74, 6) is 0. The summed E-state index contributed by atoms with van der Waals surface area (Å²) < 4.78 is 0.953. The molecule has 56 valence electrons. The fraction of sp³-hybridized carbons (Fsp3) is 0.125. The molecule has 0 saturated carbocycles. The van der Waals surface area contributed by atoms with Crippen LogP contribution in [0.25, 0.3) is 0 Å². The van der Waals surface area contributed by atoms with E-state index in [1.54, 1.807) is 6.07 Å². The predicted octanol–water partition coefficient (Wildman–Crippen LogP) is 2.72. The SMILES string of the molecule is Cc1c(Br)cccc1N=C=O. The molecule has 0 bridgehead atoms. The van der Waals surface area contributed by atoms with Crippen LogP contribution in [0.1, 0.15) is 5.56 Å². The van der Waals surface area contributed by atoms with Crippen LogP contribution in [0.4, 0.5) is 5.69 Å². The van der Waals surface area contributed by atoms with Crippen LogP contribution in [0.3, 0.4) is 0 Å². The first-order valence-corrected chi connectivity index (χ1v) is 3.88. The highest BCUT2D eigenvalue weighted by molar-refractivity contribution is 9.10. The second kappa shape index (κ2) is 3.46. The van der Waals surface area contributed by atoms with Crippen molar-refractivity contribution in [1.29, 1.82) is 0 Å². The maximum atomic E-state index is 9.93. The van der Waals surface area contributed by atoms with Gasteiger partial charge in [-0.1, -0.05) is 22.0 Å². The molecule has 0 aliphatic heterocycles. The summed E-state index contributed by atoms with van der Waals surface area (Å²) >= 11 is 3.33. The lowest BCUT2D eigenvalue weighted by Crippen LogP contribution is -1.75. The number of isocyanates is 1. The van der Waals surface area contributed by atoms with Gasteiger partial charge in [0.25, 0.3) is 0 Å². The van der Waals surface area contributed by atoms with Gasteiger partial charge in [-0.2, -0.15) is 4.99 Å². The van der Waals surface area contributed by atoms with Gasteiger partial charge in [0, 0.05) is 4.47 Å². The third-order valence-electron chi connectivity index (χ3n) is 1.41. The quantitative estimate of drug-likeness (QED) is 0.519. The van der Waals surface area contributed by atoms with Crippen molar-refractivity contribution in [2.75, 3.05) is 0 Å². The van der Waals surface area contributed by atoms with Crippen molar-refractivity contribution in [2.24, 2.45) is 4.99 Å². The first kappa shape index (κ1) is 8.18. The highest BCUT2D eigenvalue weighted by Gasteiger charge is 1.98. The molecule has 1 aromatic rings. The Balaban J connectivity index is 3.26. The van der Waals surface area contributed by atoms with Crippen LogP contribution in [0.5, 0.6) is 0 Å². The monoisotopic (exact) mass is 211 g/mol. The summed E-state index contributed by atoms with van der Waals surface area (Å²) in [4.78, 5) is 13.5. The van der Waals surface area contributed by atoms with Gasteiger partial charge in [0.1, 0.15) is 0 Å². The van der Waals surface area contributed by atoms with E-state index in [2.05, 4.69) is 20.9 Å². The van der Waals surface area contributed by atoms with Crippen molar-refractivity contribution >= 4 is 27.7 Å². The van der Waals surface area contributed by atoms with Gasteiger partial charge in [-0.3, -0.25) is 0 Å². The third kappa shape index (κ3) is 1.76. The Bertz CT molecular complexity index is 316. The van der Waals surface area contributed by atoms with Crippen molar-refractivity contribution in [3.63, 3.8) is 0 Å². The van der Waals surface area contributed by atoms with Gasteiger partial charge in [0.2, 0.25) is 6.08 Å². The second-order valence-electron chi connectivity index (χ2n) is 2.09. The second-order valence-corrected chi connectivity index (χ2v) is 2.94. The smallest absolute Gasteiger partial charge is 0.211 e. The number of hydrogen-bond acceptors (Lipinski definition) is 2. The van der Waals surface area contributed by atoms with E-state index in [0.717, 1.165) is 10.0 Å². The molecule has 0 aliphatic rings. The standard InChI is InChI=1S/C8H6BrNO/c1-6-7(9)3-2-4-8(6)10-5-11/h2-4H,1H3. The number of rotatable bonds is 1. The first-order valence-electron chi connectivity index (χ1n) is 3.08. The van der Waals surface area contributed by atoms with Gasteiger partial charge < -0.3 is 0 Å². The Morgan fingerprint density at radius 2 is 2.27 bits per heavy atom. The molecule has 0 spiro atoms. The van der Waals surface area contributed by atoms with Crippen LogP contribution in [0, 0.1) is 6.92 Å². The molecular weight excluding hydrogens is 206 g/mol. The molecule has 1 aromatic carbocycles. The Labute approximate surface area is 73.1 Å². The summed E-state index contributed by atoms with van der Waals surface area (Å²) in [5.41, 5.74) is 1.62. The largest absolute Gasteiger partial charge is 0.240 e. The summed E-state index contributed by atoms with van der Waals surface area (Å²) in [6.07, 6.45) is 1.51. The van der Waals surface area contributed by atoms with E-state index in [1.165, 1.54) is 6.08 Å². The maximum absolute atomic E-state index is 9.93. The van der Waals surface area contributed by atoms with Gasteiger partial charge in [-0.15, -0.1) is 0 Å². The topological polar surface area (TPSA) is 29.4 Å². The summed E-state index contributed by atoms with van der Waals surface area (Å²) in [5, 5.41) is 0. The highest BCUT2D eigenvalue weighted by Crippen LogP contribution is 2.24. The van der Waals surface area contributed by atoms with E-state index in [9.17, 15) is 4.79 Å². The molecule has 0 atom stereocenters. The van der Waals surface area contributed by atoms with Gasteiger partial charge in [0.05, 0.1) is 5.69 Å². The molecular formula is C8H6BrNO. The van der Waals surface area contributed by atoms with Crippen molar-refractivity contribution in [2.45, 2.75) is 6.92 Å². The van der Waals surface area contributed by atoms with Crippen LogP contribution >= 0.6 is 15.9 Å². The fourth-order valence-electron chi connectivity index (χ4n) is 0.766. The highest BCUT2D eigenvalue weighted by atomic mass is 79.9. The van der Waals surface area contributed by atoms with Gasteiger partial charge in [-0.05, 0) is 24.6 Å². The van der Waals surface area contributed by atoms with E-state index < -0.39 is 0 Å². The molecule has 0 heterocycles. The minimum absolute atomic E-state index is 0.661. The maximum Gasteiger partial charge on any atom is 0.240 e. The molecule has 2 nitrogen and oxygen atoms in total. The van der Waals surface area contributed by atoms with Crippen LogP contribution in [0.2, 0.25) is 0 Å². The van der Waals surface area contributed by atoms with E-state index in [1.807, 2.05) is 19.1 Å². The lowest BCUT2D eigenvalue weighted by Gasteiger charge is -1.98. The van der Waals surface area contributed by atoms with Crippen molar-refractivity contribution in [1.82, 2.24) is 0 Å². The fourth-order valence-corrected chi connectivity index (χ4v) is 1.12. The normalized spacial score (nSPS) is 8.91. The summed E-state index contributed by atoms with van der Waals surface area (Å²) in [6, 6.07) is 5.50. The average molecular weight is 212 g/mol. The lowest BCUT2D eigenvalue weighted by molar-refractivity contribution is 0.565. The van der Waals surface area contributed by atoms with Crippen molar-refractivity contribution in [3.8, 4) is 0 Å². The number of carbonyl (C=O) groups excluding carboxylic acids is 1. The molecule has 0 aliphatic carbocycles. The van der Waals surface area contributed by atoms with E-state index in [-0.39, 0.29) is 0 Å². The van der Waals surface area contributed by atoms with E-state index >= 15 is 0 Å². The Morgan fingerprint density at radius 3 is 2.91 bits per heavy atom. The molecule has 0 amide bonds. The number of halogens is 1. The van der Waals surface area contributed by atoms with Crippen LogP contribution in [0.15, 0.2) is 27.7 Å². The first-order chi connectivity index (χ1) is 5.25. The van der Waals surface area contributed by atoms with Gasteiger partial charge in [0.15, 0.2) is 0 Å². The number of hydrogen-bond donors (Lipinski definition) is 0. The minimum atomic E-state index is 0.661. The van der Waals surface area contributed by atoms with Crippen molar-refractivity contribution < 1.29 is 4.79 Å². The zero-order valence-corrected chi connectivity index (χ0v) is 7.55. The zero-order chi connectivity index (χ0) is 8.27. The molecule has 0 aromatic heterocycles. The number of benzene rings is 1. The van der Waals surface area contributed by atoms with Gasteiger partial charge in [-0.25, -0.2) is 4.79 Å².